The van der Waals surface area contributed by atoms with E-state index in [9.17, 15) is 0 Å². The van der Waals surface area contributed by atoms with E-state index in [0.717, 1.165) is 13.9 Å². The second-order valence-electron chi connectivity index (χ2n) is 5.04. The standard InChI is InChI=1S/C13H23NP2/c1-11-13(14-16-15-11)12-9-7-5-3-2-4-6-8-10-12/h12,16H,2-10H2,1H3. The molecule has 1 nitrogen and oxygen atoms in total. The molecule has 90 valence electrons. The summed E-state index contributed by atoms with van der Waals surface area (Å²) in [6.45, 7) is 2.29. The summed E-state index contributed by atoms with van der Waals surface area (Å²) in [6, 6.07) is 0. The topological polar surface area (TPSA) is 12.9 Å². The highest BCUT2D eigenvalue weighted by Crippen LogP contribution is 2.37. The number of aromatic nitrogens is 1. The Kier molecular flexibility index (Phi) is 5.33. The van der Waals surface area contributed by atoms with Gasteiger partial charge in [0.05, 0.1) is 5.69 Å². The van der Waals surface area contributed by atoms with Crippen molar-refractivity contribution >= 4 is 15.9 Å². The Bertz CT molecular complexity index is 299. The molecule has 0 N–H and O–H groups in total. The van der Waals surface area contributed by atoms with Crippen LogP contribution in [0.25, 0.3) is 0 Å². The van der Waals surface area contributed by atoms with Gasteiger partial charge in [0.1, 0.15) is 0 Å². The molecule has 0 spiro atoms. The van der Waals surface area contributed by atoms with E-state index >= 15 is 0 Å². The third-order valence-corrected chi connectivity index (χ3v) is 6.36. The average Bonchev–Trinajstić information content (AvgIpc) is 2.72. The van der Waals surface area contributed by atoms with Crippen molar-refractivity contribution in [2.45, 2.75) is 70.6 Å². The normalized spacial score (nSPS) is 21.8. The van der Waals surface area contributed by atoms with Crippen molar-refractivity contribution in [3.05, 3.63) is 11.0 Å². The van der Waals surface area contributed by atoms with Gasteiger partial charge in [-0.2, -0.15) is 0 Å². The summed E-state index contributed by atoms with van der Waals surface area (Å²) < 4.78 is 4.76. The number of rotatable bonds is 1. The van der Waals surface area contributed by atoms with Gasteiger partial charge in [-0.25, -0.2) is 4.75 Å². The molecule has 16 heavy (non-hydrogen) atoms. The van der Waals surface area contributed by atoms with Gasteiger partial charge in [-0.15, -0.1) is 0 Å². The quantitative estimate of drug-likeness (QED) is 0.635. The SMILES string of the molecule is Cc1p[pH]nc1C1CCCCCCCCC1. The van der Waals surface area contributed by atoms with Gasteiger partial charge >= 0.3 is 0 Å². The van der Waals surface area contributed by atoms with Crippen LogP contribution >= 0.6 is 15.9 Å². The highest BCUT2D eigenvalue weighted by atomic mass is 31.8. The number of aryl methyl sites for hydroxylation is 1. The van der Waals surface area contributed by atoms with Crippen LogP contribution in [0.15, 0.2) is 0 Å². The van der Waals surface area contributed by atoms with Crippen molar-refractivity contribution in [2.24, 2.45) is 0 Å². The number of hydrogen-bond acceptors (Lipinski definition) is 1. The highest BCUT2D eigenvalue weighted by molar-refractivity contribution is 7.89. The molecule has 1 aliphatic rings. The summed E-state index contributed by atoms with van der Waals surface area (Å²) in [5.41, 5.74) is 1.50. The van der Waals surface area contributed by atoms with E-state index in [1.807, 2.05) is 0 Å². The van der Waals surface area contributed by atoms with E-state index in [0.29, 0.717) is 0 Å². The molecule has 1 atom stereocenters. The van der Waals surface area contributed by atoms with Gasteiger partial charge < -0.3 is 0 Å². The Labute approximate surface area is 103 Å². The minimum absolute atomic E-state index is 0.806. The first-order chi connectivity index (χ1) is 7.88. The van der Waals surface area contributed by atoms with E-state index < -0.39 is 0 Å². The van der Waals surface area contributed by atoms with E-state index in [1.54, 1.807) is 5.30 Å². The van der Waals surface area contributed by atoms with Crippen molar-refractivity contribution in [3.63, 3.8) is 0 Å². The molecule has 1 fully saturated rings. The molecule has 2 rings (SSSR count). The Morgan fingerprint density at radius 2 is 1.56 bits per heavy atom. The van der Waals surface area contributed by atoms with Crippen molar-refractivity contribution in [1.29, 1.82) is 0 Å². The lowest BCUT2D eigenvalue weighted by Crippen LogP contribution is -2.02. The maximum absolute atomic E-state index is 4.76. The lowest BCUT2D eigenvalue weighted by atomic mass is 9.90. The highest BCUT2D eigenvalue weighted by Gasteiger charge is 2.16. The molecule has 3 heteroatoms. The van der Waals surface area contributed by atoms with Gasteiger partial charge in [-0.05, 0) is 35.7 Å². The molecule has 1 unspecified atom stereocenters. The van der Waals surface area contributed by atoms with Gasteiger partial charge in [0, 0.05) is 11.2 Å². The summed E-state index contributed by atoms with van der Waals surface area (Å²) in [4.78, 5) is 0. The number of nitrogens with zero attached hydrogens (tertiary/aromatic N) is 1. The largest absolute Gasteiger partial charge is 0.240 e. The smallest absolute Gasteiger partial charge is 0.0554 e. The van der Waals surface area contributed by atoms with Gasteiger partial charge in [-0.3, -0.25) is 0 Å². The Balaban J connectivity index is 1.97. The monoisotopic (exact) mass is 255 g/mol. The van der Waals surface area contributed by atoms with E-state index in [4.69, 9.17) is 4.75 Å². The molecular formula is C13H23NP2. The Morgan fingerprint density at radius 1 is 1.00 bits per heavy atom. The van der Waals surface area contributed by atoms with Crippen molar-refractivity contribution in [1.82, 2.24) is 4.75 Å². The van der Waals surface area contributed by atoms with Crippen molar-refractivity contribution in [3.8, 4) is 0 Å². The predicted octanol–water partition coefficient (Wildman–Crippen LogP) is 5.61. The molecule has 0 amide bonds. The van der Waals surface area contributed by atoms with Crippen LogP contribution in [-0.4, -0.2) is 4.75 Å². The van der Waals surface area contributed by atoms with Gasteiger partial charge in [0.15, 0.2) is 0 Å². The van der Waals surface area contributed by atoms with Gasteiger partial charge in [0.2, 0.25) is 0 Å². The molecule has 0 radical (unpaired) electrons. The van der Waals surface area contributed by atoms with E-state index in [2.05, 4.69) is 6.92 Å². The lowest BCUT2D eigenvalue weighted by molar-refractivity contribution is 0.458. The first kappa shape index (κ1) is 12.6. The second kappa shape index (κ2) is 6.77. The molecule has 1 saturated carbocycles. The average molecular weight is 255 g/mol. The molecule has 0 aliphatic heterocycles. The fourth-order valence-electron chi connectivity index (χ4n) is 2.76. The third-order valence-electron chi connectivity index (χ3n) is 3.75. The van der Waals surface area contributed by atoms with E-state index in [-0.39, 0.29) is 0 Å². The molecule has 1 aliphatic carbocycles. The summed E-state index contributed by atoms with van der Waals surface area (Å²) in [7, 11) is 2.30. The summed E-state index contributed by atoms with van der Waals surface area (Å²) >= 11 is 0. The minimum Gasteiger partial charge on any atom is -0.240 e. The molecular weight excluding hydrogens is 232 g/mol. The molecule has 1 aromatic heterocycles. The summed E-state index contributed by atoms with van der Waals surface area (Å²) in [5.74, 6) is 0.806. The molecule has 0 bridgehead atoms. The van der Waals surface area contributed by atoms with Crippen LogP contribution in [0, 0.1) is 6.92 Å². The fourth-order valence-corrected chi connectivity index (χ4v) is 5.13. The molecule has 0 saturated heterocycles. The zero-order valence-electron chi connectivity index (χ0n) is 10.3. The van der Waals surface area contributed by atoms with Gasteiger partial charge in [0.25, 0.3) is 0 Å². The predicted molar refractivity (Wildman–Crippen MR) is 75.3 cm³/mol. The van der Waals surface area contributed by atoms with Crippen LogP contribution in [0.4, 0.5) is 0 Å². The minimum atomic E-state index is 0.806. The van der Waals surface area contributed by atoms with Crippen LogP contribution in [0.3, 0.4) is 0 Å². The first-order valence-corrected chi connectivity index (χ1v) is 9.43. The first-order valence-electron chi connectivity index (χ1n) is 6.75. The zero-order chi connectivity index (χ0) is 11.2. The number of hydrogen-bond donors (Lipinski definition) is 0. The second-order valence-corrected chi connectivity index (χ2v) is 7.63. The maximum Gasteiger partial charge on any atom is 0.0554 e. The molecule has 0 aromatic carbocycles. The van der Waals surface area contributed by atoms with Gasteiger partial charge in [-0.1, -0.05) is 44.9 Å². The summed E-state index contributed by atoms with van der Waals surface area (Å²) in [6.07, 6.45) is 12.9. The van der Waals surface area contributed by atoms with Crippen molar-refractivity contribution in [2.75, 3.05) is 0 Å². The Morgan fingerprint density at radius 3 is 2.06 bits per heavy atom. The van der Waals surface area contributed by atoms with Crippen LogP contribution < -0.4 is 0 Å². The maximum atomic E-state index is 4.76. The third kappa shape index (κ3) is 3.57. The van der Waals surface area contributed by atoms with Crippen LogP contribution in [0.5, 0.6) is 0 Å². The van der Waals surface area contributed by atoms with E-state index in [1.165, 1.54) is 71.4 Å². The van der Waals surface area contributed by atoms with Crippen LogP contribution in [0.1, 0.15) is 74.7 Å². The van der Waals surface area contributed by atoms with Crippen LogP contribution in [-0.2, 0) is 0 Å². The summed E-state index contributed by atoms with van der Waals surface area (Å²) in [5, 5.41) is 1.57. The molecule has 1 heterocycles. The fraction of sp³-hybridized carbons (Fsp3) is 0.846. The Hall–Kier alpha value is 0.140. The zero-order valence-corrected chi connectivity index (χ0v) is 12.2. The van der Waals surface area contributed by atoms with Crippen molar-refractivity contribution < 1.29 is 0 Å². The van der Waals surface area contributed by atoms with Crippen LogP contribution in [0.2, 0.25) is 0 Å². The molecule has 1 aromatic rings. The lowest BCUT2D eigenvalue weighted by Gasteiger charge is -2.17.